The lowest BCUT2D eigenvalue weighted by Gasteiger charge is -2.34. The molecule has 0 saturated carbocycles. The fourth-order valence-corrected chi connectivity index (χ4v) is 4.22. The van der Waals surface area contributed by atoms with Crippen molar-refractivity contribution in [1.29, 1.82) is 0 Å². The van der Waals surface area contributed by atoms with E-state index in [0.717, 1.165) is 12.8 Å². The lowest BCUT2D eigenvalue weighted by molar-refractivity contribution is -0.142. The Morgan fingerprint density at radius 1 is 1.22 bits per heavy atom. The van der Waals surface area contributed by atoms with E-state index in [2.05, 4.69) is 23.1 Å². The number of carbonyl (C=O) groups is 3. The van der Waals surface area contributed by atoms with Gasteiger partial charge in [0, 0.05) is 18.2 Å². The zero-order valence-electron chi connectivity index (χ0n) is 22.4. The van der Waals surface area contributed by atoms with Crippen LogP contribution in [0.4, 0.5) is 4.79 Å². The van der Waals surface area contributed by atoms with E-state index in [1.807, 2.05) is 20.1 Å². The maximum Gasteiger partial charge on any atom is 0.408 e. The summed E-state index contributed by atoms with van der Waals surface area (Å²) in [4.78, 5) is 41.6. The highest BCUT2D eigenvalue weighted by molar-refractivity contribution is 7.98. The molecule has 198 valence electrons. The highest BCUT2D eigenvalue weighted by Crippen LogP contribution is 2.26. The zero-order chi connectivity index (χ0) is 27.3. The van der Waals surface area contributed by atoms with Gasteiger partial charge in [-0.15, -0.1) is 13.0 Å². The van der Waals surface area contributed by atoms with Crippen molar-refractivity contribution < 1.29 is 19.1 Å². The minimum absolute atomic E-state index is 0.0871. The summed E-state index contributed by atoms with van der Waals surface area (Å²) in [5.41, 5.74) is 0.336. The molecule has 1 rings (SSSR count). The first kappa shape index (κ1) is 31.1. The molecule has 0 aliphatic rings. The van der Waals surface area contributed by atoms with E-state index < -0.39 is 29.7 Å². The molecule has 1 aromatic carbocycles. The molecule has 0 spiro atoms. The molecule has 0 aliphatic carbocycles. The number of hydrogen-bond acceptors (Lipinski definition) is 5. The van der Waals surface area contributed by atoms with Crippen LogP contribution in [0.1, 0.15) is 71.0 Å². The average molecular weight is 516 g/mol. The van der Waals surface area contributed by atoms with Crippen LogP contribution in [-0.2, 0) is 14.3 Å². The van der Waals surface area contributed by atoms with Crippen molar-refractivity contribution in [2.24, 2.45) is 0 Å². The van der Waals surface area contributed by atoms with Gasteiger partial charge < -0.3 is 20.3 Å². The molecule has 3 atom stereocenters. The van der Waals surface area contributed by atoms with Crippen LogP contribution < -0.4 is 10.6 Å². The van der Waals surface area contributed by atoms with E-state index in [9.17, 15) is 14.4 Å². The Hall–Kier alpha value is -2.92. The summed E-state index contributed by atoms with van der Waals surface area (Å²) in [6.45, 7) is 13.1. The van der Waals surface area contributed by atoms with Crippen molar-refractivity contribution in [3.8, 4) is 12.3 Å². The van der Waals surface area contributed by atoms with E-state index in [0.29, 0.717) is 23.3 Å². The molecule has 0 saturated heterocycles. The number of amides is 3. The lowest BCUT2D eigenvalue weighted by atomic mass is 9.97. The van der Waals surface area contributed by atoms with Crippen LogP contribution in [0.2, 0.25) is 0 Å². The summed E-state index contributed by atoms with van der Waals surface area (Å²) < 4.78 is 5.39. The predicted octanol–water partition coefficient (Wildman–Crippen LogP) is 4.67. The molecule has 0 radical (unpaired) electrons. The van der Waals surface area contributed by atoms with Crippen LogP contribution in [0.5, 0.6) is 0 Å². The number of hydrogen-bond donors (Lipinski definition) is 2. The maximum atomic E-state index is 13.9. The number of carbonyl (C=O) groups excluding carboxylic acids is 3. The van der Waals surface area contributed by atoms with E-state index in [4.69, 9.17) is 11.2 Å². The van der Waals surface area contributed by atoms with Gasteiger partial charge in [-0.1, -0.05) is 43.5 Å². The summed E-state index contributed by atoms with van der Waals surface area (Å²) in [5, 5.41) is 5.74. The Kier molecular flexibility index (Phi) is 13.2. The number of alkyl carbamates (subject to hydrolysis) is 1. The molecule has 0 bridgehead atoms. The number of thioether (sulfide) groups is 1. The third kappa shape index (κ3) is 9.98. The molecular formula is C28H41N3O4S. The molecule has 0 fully saturated rings. The van der Waals surface area contributed by atoms with Crippen LogP contribution in [0.3, 0.4) is 0 Å². The molecule has 8 heteroatoms. The fraction of sp³-hybridized carbons (Fsp3) is 0.536. The molecule has 7 nitrogen and oxygen atoms in total. The number of benzene rings is 1. The molecule has 0 aliphatic heterocycles. The van der Waals surface area contributed by atoms with Gasteiger partial charge in [-0.25, -0.2) is 4.79 Å². The Labute approximate surface area is 220 Å². The van der Waals surface area contributed by atoms with E-state index in [-0.39, 0.29) is 18.5 Å². The van der Waals surface area contributed by atoms with Crippen molar-refractivity contribution in [2.45, 2.75) is 77.6 Å². The van der Waals surface area contributed by atoms with Gasteiger partial charge >= 0.3 is 6.09 Å². The Morgan fingerprint density at radius 2 is 1.89 bits per heavy atom. The molecule has 3 unspecified atom stereocenters. The molecular weight excluding hydrogens is 474 g/mol. The smallest absolute Gasteiger partial charge is 0.408 e. The molecule has 0 aromatic heterocycles. The summed E-state index contributed by atoms with van der Waals surface area (Å²) in [5.74, 6) is 2.50. The van der Waals surface area contributed by atoms with Gasteiger partial charge in [0.15, 0.2) is 0 Å². The molecule has 36 heavy (non-hydrogen) atoms. The van der Waals surface area contributed by atoms with Crippen molar-refractivity contribution in [3.63, 3.8) is 0 Å². The minimum Gasteiger partial charge on any atom is -0.444 e. The number of terminal acetylenes is 1. The van der Waals surface area contributed by atoms with Crippen LogP contribution in [0.25, 0.3) is 0 Å². The van der Waals surface area contributed by atoms with Gasteiger partial charge in [0.2, 0.25) is 11.8 Å². The second-order valence-electron chi connectivity index (χ2n) is 9.59. The van der Waals surface area contributed by atoms with Gasteiger partial charge in [0.1, 0.15) is 17.7 Å². The van der Waals surface area contributed by atoms with Crippen LogP contribution in [-0.4, -0.2) is 59.0 Å². The highest BCUT2D eigenvalue weighted by atomic mass is 32.2. The van der Waals surface area contributed by atoms with Crippen molar-refractivity contribution in [2.75, 3.05) is 18.6 Å². The maximum absolute atomic E-state index is 13.9. The number of nitrogens with zero attached hydrogens (tertiary/aromatic N) is 1. The Bertz CT molecular complexity index is 935. The first-order chi connectivity index (χ1) is 17.0. The van der Waals surface area contributed by atoms with Gasteiger partial charge in [-0.3, -0.25) is 9.59 Å². The number of nitrogens with one attached hydrogen (secondary N) is 2. The van der Waals surface area contributed by atoms with Crippen LogP contribution in [0, 0.1) is 12.3 Å². The van der Waals surface area contributed by atoms with Gasteiger partial charge in [0.05, 0.1) is 0 Å². The second-order valence-corrected chi connectivity index (χ2v) is 10.6. The molecule has 0 heterocycles. The predicted molar refractivity (Wildman–Crippen MR) is 148 cm³/mol. The first-order valence-electron chi connectivity index (χ1n) is 12.2. The monoisotopic (exact) mass is 515 g/mol. The second kappa shape index (κ2) is 15.2. The minimum atomic E-state index is -1.00. The van der Waals surface area contributed by atoms with E-state index in [1.165, 1.54) is 4.90 Å². The molecule has 1 aromatic rings. The Morgan fingerprint density at radius 3 is 2.44 bits per heavy atom. The van der Waals surface area contributed by atoms with E-state index >= 15 is 0 Å². The third-order valence-electron chi connectivity index (χ3n) is 5.29. The quantitative estimate of drug-likeness (QED) is 0.294. The topological polar surface area (TPSA) is 87.7 Å². The van der Waals surface area contributed by atoms with E-state index in [1.54, 1.807) is 62.9 Å². The Balaban J connectivity index is 3.50. The van der Waals surface area contributed by atoms with Crippen molar-refractivity contribution in [3.05, 3.63) is 48.0 Å². The first-order valence-corrected chi connectivity index (χ1v) is 13.6. The third-order valence-corrected chi connectivity index (χ3v) is 5.93. The van der Waals surface area contributed by atoms with Crippen LogP contribution >= 0.6 is 11.8 Å². The lowest BCUT2D eigenvalue weighted by Crippen LogP contribution is -2.54. The van der Waals surface area contributed by atoms with Gasteiger partial charge in [0.25, 0.3) is 0 Å². The highest BCUT2D eigenvalue weighted by Gasteiger charge is 2.36. The summed E-state index contributed by atoms with van der Waals surface area (Å²) in [6, 6.07) is 5.09. The number of rotatable bonds is 13. The molecule has 3 amide bonds. The largest absolute Gasteiger partial charge is 0.444 e. The molecule has 2 N–H and O–H groups in total. The standard InChI is InChI=1S/C28H41N3O4S/c1-9-14-20(4)29-25(32)24(22-16-13-12-15-21(22)11-3)31(18-10-2)26(33)23(17-19-36-8)30-27(34)35-28(5,6)7/h3,10,12-13,15-16,20,23-24H,2,9,14,17-19H2,1,4-8H3,(H,29,32)(H,30,34). The van der Waals surface area contributed by atoms with Crippen molar-refractivity contribution >= 4 is 29.7 Å². The van der Waals surface area contributed by atoms with Crippen molar-refractivity contribution in [1.82, 2.24) is 15.5 Å². The SMILES string of the molecule is C#Cc1ccccc1C(C(=O)NC(C)CCC)N(CC=C)C(=O)C(CCSC)NC(=O)OC(C)(C)C. The number of ether oxygens (including phenoxy) is 1. The summed E-state index contributed by atoms with van der Waals surface area (Å²) in [7, 11) is 0. The van der Waals surface area contributed by atoms with Crippen LogP contribution in [0.15, 0.2) is 36.9 Å². The summed E-state index contributed by atoms with van der Waals surface area (Å²) in [6.07, 6.45) is 10.6. The normalized spacial score (nSPS) is 13.5. The van der Waals surface area contributed by atoms with Gasteiger partial charge in [-0.05, 0) is 64.2 Å². The average Bonchev–Trinajstić information content (AvgIpc) is 2.80. The fourth-order valence-electron chi connectivity index (χ4n) is 3.75. The zero-order valence-corrected chi connectivity index (χ0v) is 23.2. The van der Waals surface area contributed by atoms with Gasteiger partial charge in [-0.2, -0.15) is 11.8 Å². The summed E-state index contributed by atoms with van der Waals surface area (Å²) >= 11 is 1.55.